The fourth-order valence-corrected chi connectivity index (χ4v) is 12.2. The Balaban J connectivity index is 0.000000162. The maximum atomic E-state index is 13.3. The second-order valence-corrected chi connectivity index (χ2v) is 18.6. The van der Waals surface area contributed by atoms with Gasteiger partial charge in [0.25, 0.3) is 11.1 Å². The van der Waals surface area contributed by atoms with E-state index in [9.17, 15) is 27.6 Å². The molecule has 4 heterocycles. The fraction of sp³-hybridized carbons (Fsp3) is 0.154. The topological polar surface area (TPSA) is 131 Å². The number of nitrogens with zero attached hydrogens (tertiary/aromatic N) is 2. The van der Waals surface area contributed by atoms with Gasteiger partial charge in [0.2, 0.25) is 0 Å². The molecule has 64 heavy (non-hydrogen) atoms. The largest absolute Gasteiger partial charge is 0.467 e. The number of fused-ring (bicyclic) bond motifs is 4. The number of esters is 2. The van der Waals surface area contributed by atoms with Crippen LogP contribution in [0.5, 0.6) is 0 Å². The molecule has 0 saturated heterocycles. The van der Waals surface area contributed by atoms with Gasteiger partial charge in [0, 0.05) is 29.0 Å². The number of pyridine rings is 2. The average Bonchev–Trinajstić information content (AvgIpc) is 3.89. The SMILES string of the molecule is COC(=O)[C@@H]1CS(=O)(=O)c2c(-c3ccccc3)c(Cc3cccc4ccccc34)cc(=O)n21.COC(=O)[C@@H]1CSc2c(-c3ccccc3)c(Cc3cccc4ccccc34)cc(=O)n21. The van der Waals surface area contributed by atoms with Crippen molar-refractivity contribution in [2.75, 3.05) is 25.7 Å². The van der Waals surface area contributed by atoms with Crippen molar-refractivity contribution in [3.8, 4) is 22.3 Å². The molecule has 0 radical (unpaired) electrons. The third kappa shape index (κ3) is 7.84. The highest BCUT2D eigenvalue weighted by molar-refractivity contribution is 7.99. The number of methoxy groups -OCH3 is 2. The number of ether oxygens (including phenoxy) is 2. The minimum absolute atomic E-state index is 0.119. The van der Waals surface area contributed by atoms with Crippen LogP contribution in [-0.2, 0) is 41.7 Å². The molecule has 2 aliphatic rings. The van der Waals surface area contributed by atoms with Crippen molar-refractivity contribution in [3.05, 3.63) is 201 Å². The van der Waals surface area contributed by atoms with Gasteiger partial charge >= 0.3 is 11.9 Å². The first-order valence-electron chi connectivity index (χ1n) is 20.7. The van der Waals surface area contributed by atoms with Crippen LogP contribution in [0.1, 0.15) is 34.3 Å². The summed E-state index contributed by atoms with van der Waals surface area (Å²) in [6.45, 7) is 0. The Morgan fingerprint density at radius 1 is 0.562 bits per heavy atom. The van der Waals surface area contributed by atoms with Crippen LogP contribution in [0.15, 0.2) is 177 Å². The average molecular weight is 887 g/mol. The van der Waals surface area contributed by atoms with Gasteiger partial charge in [0.15, 0.2) is 9.84 Å². The Kier molecular flexibility index (Phi) is 11.6. The number of carbonyl (C=O) groups excluding carboxylic acids is 2. The first-order chi connectivity index (χ1) is 31.1. The van der Waals surface area contributed by atoms with Crippen molar-refractivity contribution in [1.82, 2.24) is 9.13 Å². The van der Waals surface area contributed by atoms with Crippen molar-refractivity contribution < 1.29 is 27.5 Å². The number of thioether (sulfide) groups is 1. The number of hydrogen-bond donors (Lipinski definition) is 0. The second kappa shape index (κ2) is 17.6. The molecule has 8 aromatic rings. The van der Waals surface area contributed by atoms with Gasteiger partial charge in [-0.15, -0.1) is 11.8 Å². The van der Waals surface area contributed by atoms with Crippen molar-refractivity contribution in [2.24, 2.45) is 0 Å². The molecular formula is C52H42N2O8S2. The lowest BCUT2D eigenvalue weighted by atomic mass is 9.93. The number of aromatic nitrogens is 2. The van der Waals surface area contributed by atoms with Gasteiger partial charge in [-0.3, -0.25) is 18.7 Å². The molecule has 0 unspecified atom stereocenters. The predicted molar refractivity (Wildman–Crippen MR) is 251 cm³/mol. The van der Waals surface area contributed by atoms with Gasteiger partial charge in [-0.1, -0.05) is 146 Å². The Morgan fingerprint density at radius 2 is 1.02 bits per heavy atom. The van der Waals surface area contributed by atoms with E-state index in [-0.39, 0.29) is 16.6 Å². The van der Waals surface area contributed by atoms with E-state index < -0.39 is 39.2 Å². The number of benzene rings is 6. The van der Waals surface area contributed by atoms with Crippen LogP contribution in [0.2, 0.25) is 0 Å². The molecule has 320 valence electrons. The molecule has 2 aliphatic heterocycles. The van der Waals surface area contributed by atoms with E-state index in [4.69, 9.17) is 9.47 Å². The molecular weight excluding hydrogens is 845 g/mol. The minimum atomic E-state index is -3.91. The van der Waals surface area contributed by atoms with Crippen LogP contribution in [0.25, 0.3) is 43.8 Å². The Hall–Kier alpha value is -7.02. The number of sulfone groups is 1. The first kappa shape index (κ1) is 42.3. The summed E-state index contributed by atoms with van der Waals surface area (Å²) in [6, 6.07) is 49.0. The van der Waals surface area contributed by atoms with Gasteiger partial charge in [-0.2, -0.15) is 0 Å². The van der Waals surface area contributed by atoms with E-state index >= 15 is 0 Å². The molecule has 0 fully saturated rings. The summed E-state index contributed by atoms with van der Waals surface area (Å²) in [5.74, 6) is -1.12. The van der Waals surface area contributed by atoms with Crippen LogP contribution in [0, 0.1) is 0 Å². The number of rotatable bonds is 8. The lowest BCUT2D eigenvalue weighted by Gasteiger charge is -2.18. The molecule has 0 bridgehead atoms. The first-order valence-corrected chi connectivity index (χ1v) is 23.3. The van der Waals surface area contributed by atoms with Crippen LogP contribution >= 0.6 is 11.8 Å². The summed E-state index contributed by atoms with van der Waals surface area (Å²) >= 11 is 1.55. The highest BCUT2D eigenvalue weighted by atomic mass is 32.2. The van der Waals surface area contributed by atoms with Crippen LogP contribution < -0.4 is 11.1 Å². The van der Waals surface area contributed by atoms with E-state index in [1.54, 1.807) is 22.4 Å². The summed E-state index contributed by atoms with van der Waals surface area (Å²) in [4.78, 5) is 51.0. The molecule has 0 saturated carbocycles. The fourth-order valence-electron chi connectivity index (χ4n) is 8.96. The van der Waals surface area contributed by atoms with Crippen molar-refractivity contribution in [1.29, 1.82) is 0 Å². The van der Waals surface area contributed by atoms with E-state index in [2.05, 4.69) is 42.5 Å². The lowest BCUT2D eigenvalue weighted by molar-refractivity contribution is -0.144. The zero-order valence-corrected chi connectivity index (χ0v) is 36.6. The summed E-state index contributed by atoms with van der Waals surface area (Å²) in [6.07, 6.45) is 1.01. The molecule has 0 N–H and O–H groups in total. The highest BCUT2D eigenvalue weighted by Crippen LogP contribution is 2.42. The minimum Gasteiger partial charge on any atom is -0.467 e. The summed E-state index contributed by atoms with van der Waals surface area (Å²) in [5, 5.41) is 5.18. The molecule has 0 aliphatic carbocycles. The molecule has 2 aromatic heterocycles. The third-order valence-electron chi connectivity index (χ3n) is 11.8. The summed E-state index contributed by atoms with van der Waals surface area (Å²) < 4.78 is 39.0. The standard InChI is InChI=1S/C26H21NO5S.C26H21NO3S/c1-32-26(29)22-16-33(30,31)25-24(18-9-3-2-4-10-18)20(15-23(28)27(22)25)14-19-12-7-11-17-8-5-6-13-21(17)19;1-30-26(29)22-16-31-25-24(18-9-3-2-4-10-18)20(15-23(28)27(22)25)14-19-12-7-11-17-8-5-6-13-21(17)19/h2-13,15,22H,14,16H2,1H3;2-13,15,22H,14,16H2,1H3/t2*22-/m00/s1. The molecule has 0 spiro atoms. The van der Waals surface area contributed by atoms with Gasteiger partial charge < -0.3 is 9.47 Å². The monoisotopic (exact) mass is 886 g/mol. The zero-order chi connectivity index (χ0) is 44.5. The zero-order valence-electron chi connectivity index (χ0n) is 35.0. The maximum Gasteiger partial charge on any atom is 0.330 e. The van der Waals surface area contributed by atoms with Gasteiger partial charge in [-0.05, 0) is 67.8 Å². The summed E-state index contributed by atoms with van der Waals surface area (Å²) in [7, 11) is -1.36. The van der Waals surface area contributed by atoms with Crippen molar-refractivity contribution in [2.45, 2.75) is 35.0 Å². The molecule has 12 heteroatoms. The Morgan fingerprint density at radius 3 is 1.56 bits per heavy atom. The Labute approximate surface area is 373 Å². The predicted octanol–water partition coefficient (Wildman–Crippen LogP) is 8.84. The van der Waals surface area contributed by atoms with Crippen molar-refractivity contribution >= 4 is 55.1 Å². The third-order valence-corrected chi connectivity index (χ3v) is 14.7. The highest BCUT2D eigenvalue weighted by Gasteiger charge is 2.43. The van der Waals surface area contributed by atoms with E-state index in [0.29, 0.717) is 35.3 Å². The second-order valence-electron chi connectivity index (χ2n) is 15.6. The smallest absolute Gasteiger partial charge is 0.330 e. The van der Waals surface area contributed by atoms with Crippen LogP contribution in [-0.4, -0.2) is 55.2 Å². The van der Waals surface area contributed by atoms with Gasteiger partial charge in [0.05, 0.1) is 25.0 Å². The van der Waals surface area contributed by atoms with E-state index in [1.807, 2.05) is 103 Å². The quantitative estimate of drug-likeness (QED) is 0.137. The maximum absolute atomic E-state index is 13.3. The summed E-state index contributed by atoms with van der Waals surface area (Å²) in [5.41, 5.74) is 6.22. The van der Waals surface area contributed by atoms with E-state index in [1.165, 1.54) is 36.6 Å². The molecule has 2 atom stereocenters. The molecule has 0 amide bonds. The molecule has 10 rings (SSSR count). The van der Waals surface area contributed by atoms with Crippen molar-refractivity contribution in [3.63, 3.8) is 0 Å². The van der Waals surface area contributed by atoms with Crippen LogP contribution in [0.4, 0.5) is 0 Å². The lowest BCUT2D eigenvalue weighted by Crippen LogP contribution is -2.30. The Bertz CT molecular complexity index is 3340. The number of carbonyl (C=O) groups is 2. The molecule has 10 nitrogen and oxygen atoms in total. The molecule has 6 aromatic carbocycles. The van der Waals surface area contributed by atoms with E-state index in [0.717, 1.165) is 42.6 Å². The number of hydrogen-bond acceptors (Lipinski definition) is 9. The van der Waals surface area contributed by atoms with Gasteiger partial charge in [0.1, 0.15) is 17.1 Å². The van der Waals surface area contributed by atoms with Crippen LogP contribution in [0.3, 0.4) is 0 Å². The van der Waals surface area contributed by atoms with Gasteiger partial charge in [-0.25, -0.2) is 18.0 Å². The normalized spacial score (nSPS) is 15.8.